The number of aliphatic imine (C=N–C) groups is 1. The largest absolute Gasteiger partial charge is 0.490 e. The Balaban J connectivity index is 1.45. The van der Waals surface area contributed by atoms with Crippen LogP contribution in [-0.2, 0) is 4.74 Å². The number of nitrogens with one attached hydrogen (secondary N) is 2. The molecule has 0 bridgehead atoms. The monoisotopic (exact) mass is 418 g/mol. The summed E-state index contributed by atoms with van der Waals surface area (Å²) in [5.41, 5.74) is 0.438. The lowest BCUT2D eigenvalue weighted by Gasteiger charge is -2.33. The zero-order valence-electron chi connectivity index (χ0n) is 18.5. The summed E-state index contributed by atoms with van der Waals surface area (Å²) in [6, 6.07) is 5.81. The first-order valence-corrected chi connectivity index (χ1v) is 10.7. The van der Waals surface area contributed by atoms with Crippen molar-refractivity contribution >= 4 is 17.7 Å². The molecule has 166 valence electrons. The predicted octanol–water partition coefficient (Wildman–Crippen LogP) is 3.48. The van der Waals surface area contributed by atoms with Gasteiger partial charge in [0.15, 0.2) is 17.5 Å². The molecular formula is C22H34N4O4. The fraction of sp³-hybridized carbons (Fsp3) is 0.636. The van der Waals surface area contributed by atoms with E-state index in [9.17, 15) is 4.79 Å². The molecule has 0 spiro atoms. The lowest BCUT2D eigenvalue weighted by atomic mass is 9.97. The average molecular weight is 419 g/mol. The van der Waals surface area contributed by atoms with Crippen LogP contribution in [-0.4, -0.2) is 62.4 Å². The van der Waals surface area contributed by atoms with Crippen molar-refractivity contribution in [3.63, 3.8) is 0 Å². The number of ether oxygens (including phenoxy) is 3. The molecule has 2 aliphatic heterocycles. The quantitative estimate of drug-likeness (QED) is 0.578. The van der Waals surface area contributed by atoms with Crippen molar-refractivity contribution in [3.05, 3.63) is 18.2 Å². The lowest BCUT2D eigenvalue weighted by Crippen LogP contribution is -2.44. The molecule has 2 N–H and O–H groups in total. The van der Waals surface area contributed by atoms with Crippen molar-refractivity contribution in [2.45, 2.75) is 45.6 Å². The van der Waals surface area contributed by atoms with Crippen LogP contribution in [0, 0.1) is 5.92 Å². The van der Waals surface area contributed by atoms with Crippen molar-refractivity contribution in [3.8, 4) is 11.5 Å². The molecule has 1 saturated heterocycles. The fourth-order valence-corrected chi connectivity index (χ4v) is 3.44. The van der Waals surface area contributed by atoms with E-state index in [0.29, 0.717) is 25.1 Å². The minimum absolute atomic E-state index is 0.221. The number of likely N-dealkylation sites (tertiary alicyclic amines) is 1. The molecule has 8 heteroatoms. The number of hydrogen-bond acceptors (Lipinski definition) is 5. The smallest absolute Gasteiger partial charge is 0.410 e. The van der Waals surface area contributed by atoms with Gasteiger partial charge in [-0.05, 0) is 51.7 Å². The molecule has 1 amide bonds. The van der Waals surface area contributed by atoms with Gasteiger partial charge in [-0.1, -0.05) is 0 Å². The molecule has 0 aromatic heterocycles. The van der Waals surface area contributed by atoms with E-state index >= 15 is 0 Å². The standard InChI is InChI=1S/C22H34N4O4/c1-22(2,3)30-21(27)26-10-8-16(9-11-26)15-24-20(23-4)25-17-6-7-18-19(14-17)29-13-5-12-28-18/h6-7,14,16H,5,8-13,15H2,1-4H3,(H2,23,24,25). The normalized spacial score (nSPS) is 17.9. The molecule has 0 radical (unpaired) electrons. The molecule has 30 heavy (non-hydrogen) atoms. The first kappa shape index (κ1) is 22.1. The maximum absolute atomic E-state index is 12.2. The molecule has 8 nitrogen and oxygen atoms in total. The van der Waals surface area contributed by atoms with Gasteiger partial charge in [0.2, 0.25) is 0 Å². The van der Waals surface area contributed by atoms with Crippen LogP contribution in [0.15, 0.2) is 23.2 Å². The Morgan fingerprint density at radius 2 is 1.90 bits per heavy atom. The molecule has 1 fully saturated rings. The van der Waals surface area contributed by atoms with Crippen molar-refractivity contribution in [1.29, 1.82) is 0 Å². The maximum Gasteiger partial charge on any atom is 0.410 e. The minimum Gasteiger partial charge on any atom is -0.490 e. The molecule has 1 aromatic rings. The highest BCUT2D eigenvalue weighted by Crippen LogP contribution is 2.32. The molecule has 0 aliphatic carbocycles. The highest BCUT2D eigenvalue weighted by Gasteiger charge is 2.26. The van der Waals surface area contributed by atoms with Gasteiger partial charge in [0.05, 0.1) is 13.2 Å². The molecule has 0 unspecified atom stereocenters. The second-order valence-electron chi connectivity index (χ2n) is 8.70. The second kappa shape index (κ2) is 9.91. The third-order valence-corrected chi connectivity index (χ3v) is 5.06. The Kier molecular flexibility index (Phi) is 7.29. The predicted molar refractivity (Wildman–Crippen MR) is 118 cm³/mol. The number of carbonyl (C=O) groups is 1. The Morgan fingerprint density at radius 1 is 1.20 bits per heavy atom. The van der Waals surface area contributed by atoms with Crippen molar-refractivity contribution in [2.24, 2.45) is 10.9 Å². The van der Waals surface area contributed by atoms with Crippen molar-refractivity contribution < 1.29 is 19.0 Å². The Hall–Kier alpha value is -2.64. The van der Waals surface area contributed by atoms with E-state index in [1.165, 1.54) is 0 Å². The third kappa shape index (κ3) is 6.43. The summed E-state index contributed by atoms with van der Waals surface area (Å²) in [6.45, 7) is 9.24. The summed E-state index contributed by atoms with van der Waals surface area (Å²) in [5, 5.41) is 6.70. The highest BCUT2D eigenvalue weighted by atomic mass is 16.6. The summed E-state index contributed by atoms with van der Waals surface area (Å²) < 4.78 is 16.9. The number of benzene rings is 1. The minimum atomic E-state index is -0.458. The van der Waals surface area contributed by atoms with Crippen LogP contribution >= 0.6 is 0 Å². The Morgan fingerprint density at radius 3 is 2.57 bits per heavy atom. The average Bonchev–Trinajstić information content (AvgIpc) is 2.95. The van der Waals surface area contributed by atoms with Crippen LogP contribution in [0.5, 0.6) is 11.5 Å². The number of guanidine groups is 1. The van der Waals surface area contributed by atoms with E-state index in [2.05, 4.69) is 15.6 Å². The highest BCUT2D eigenvalue weighted by molar-refractivity contribution is 5.93. The summed E-state index contributed by atoms with van der Waals surface area (Å²) >= 11 is 0. The summed E-state index contributed by atoms with van der Waals surface area (Å²) in [5.74, 6) is 2.71. The van der Waals surface area contributed by atoms with E-state index in [1.807, 2.05) is 39.0 Å². The van der Waals surface area contributed by atoms with Crippen LogP contribution < -0.4 is 20.1 Å². The molecule has 3 rings (SSSR count). The van der Waals surface area contributed by atoms with E-state index in [4.69, 9.17) is 14.2 Å². The van der Waals surface area contributed by atoms with Crippen LogP contribution in [0.25, 0.3) is 0 Å². The number of fused-ring (bicyclic) bond motifs is 1. The molecule has 1 aromatic carbocycles. The van der Waals surface area contributed by atoms with Gasteiger partial charge >= 0.3 is 6.09 Å². The van der Waals surface area contributed by atoms with Crippen molar-refractivity contribution in [2.75, 3.05) is 45.2 Å². The number of anilines is 1. The van der Waals surface area contributed by atoms with Gasteiger partial charge in [-0.3, -0.25) is 4.99 Å². The van der Waals surface area contributed by atoms with Crippen LogP contribution in [0.2, 0.25) is 0 Å². The number of carbonyl (C=O) groups excluding carboxylic acids is 1. The fourth-order valence-electron chi connectivity index (χ4n) is 3.44. The van der Waals surface area contributed by atoms with E-state index < -0.39 is 5.60 Å². The zero-order valence-corrected chi connectivity index (χ0v) is 18.5. The Bertz CT molecular complexity index is 752. The van der Waals surface area contributed by atoms with E-state index in [0.717, 1.165) is 56.1 Å². The zero-order chi connectivity index (χ0) is 21.6. The number of nitrogens with zero attached hydrogens (tertiary/aromatic N) is 2. The lowest BCUT2D eigenvalue weighted by molar-refractivity contribution is 0.0185. The molecule has 0 saturated carbocycles. The van der Waals surface area contributed by atoms with Crippen LogP contribution in [0.4, 0.5) is 10.5 Å². The van der Waals surface area contributed by atoms with Crippen molar-refractivity contribution in [1.82, 2.24) is 10.2 Å². The number of rotatable bonds is 3. The van der Waals surface area contributed by atoms with Gasteiger partial charge < -0.3 is 29.7 Å². The van der Waals surface area contributed by atoms with Gasteiger partial charge in [-0.2, -0.15) is 0 Å². The topological polar surface area (TPSA) is 84.4 Å². The second-order valence-corrected chi connectivity index (χ2v) is 8.70. The third-order valence-electron chi connectivity index (χ3n) is 5.06. The van der Waals surface area contributed by atoms with Crippen LogP contribution in [0.1, 0.15) is 40.0 Å². The van der Waals surface area contributed by atoms with Gasteiger partial charge in [0.1, 0.15) is 5.60 Å². The molecular weight excluding hydrogens is 384 g/mol. The van der Waals surface area contributed by atoms with Gasteiger partial charge in [0.25, 0.3) is 0 Å². The number of hydrogen-bond donors (Lipinski definition) is 2. The summed E-state index contributed by atoms with van der Waals surface area (Å²) in [4.78, 5) is 18.3. The van der Waals surface area contributed by atoms with Gasteiger partial charge in [0, 0.05) is 44.9 Å². The summed E-state index contributed by atoms with van der Waals surface area (Å²) in [6.07, 6.45) is 2.54. The number of piperidine rings is 1. The maximum atomic E-state index is 12.2. The van der Waals surface area contributed by atoms with E-state index in [1.54, 1.807) is 11.9 Å². The first-order valence-electron chi connectivity index (χ1n) is 10.7. The SMILES string of the molecule is CN=C(NCC1CCN(C(=O)OC(C)(C)C)CC1)Nc1ccc2c(c1)OCCCO2. The molecule has 2 heterocycles. The van der Waals surface area contributed by atoms with E-state index in [-0.39, 0.29) is 6.09 Å². The molecule has 0 atom stereocenters. The van der Waals surface area contributed by atoms with Gasteiger partial charge in [-0.15, -0.1) is 0 Å². The summed E-state index contributed by atoms with van der Waals surface area (Å²) in [7, 11) is 1.75. The molecule has 2 aliphatic rings. The Labute approximate surface area is 179 Å². The number of amides is 1. The van der Waals surface area contributed by atoms with Crippen LogP contribution in [0.3, 0.4) is 0 Å². The first-order chi connectivity index (χ1) is 14.3. The van der Waals surface area contributed by atoms with Gasteiger partial charge in [-0.25, -0.2) is 4.79 Å².